The Morgan fingerprint density at radius 2 is 1.74 bits per heavy atom. The van der Waals surface area contributed by atoms with Crippen LogP contribution in [0.5, 0.6) is 11.5 Å². The van der Waals surface area contributed by atoms with E-state index in [0.29, 0.717) is 16.9 Å². The number of ether oxygens (including phenoxy) is 1. The van der Waals surface area contributed by atoms with E-state index >= 15 is 0 Å². The lowest BCUT2D eigenvalue weighted by molar-refractivity contribution is 0.0955. The van der Waals surface area contributed by atoms with Crippen LogP contribution in [0.4, 0.5) is 0 Å². The van der Waals surface area contributed by atoms with Gasteiger partial charge in [-0.1, -0.05) is 0 Å². The molecule has 0 aliphatic carbocycles. The number of hydrazone groups is 1. The van der Waals surface area contributed by atoms with Crippen molar-refractivity contribution in [3.63, 3.8) is 0 Å². The summed E-state index contributed by atoms with van der Waals surface area (Å²) in [5.41, 5.74) is 6.99. The molecule has 1 aromatic heterocycles. The molecule has 0 saturated carbocycles. The van der Waals surface area contributed by atoms with Crippen LogP contribution in [0.15, 0.2) is 59.7 Å². The summed E-state index contributed by atoms with van der Waals surface area (Å²) in [5.74, 6) is 0.0906. The number of nitrogens with one attached hydrogen (secondary N) is 1. The zero-order valence-electron chi connectivity index (χ0n) is 15.4. The molecule has 1 heterocycles. The van der Waals surface area contributed by atoms with Gasteiger partial charge in [-0.05, 0) is 74.0 Å². The van der Waals surface area contributed by atoms with Gasteiger partial charge in [0.05, 0.1) is 13.3 Å². The Kier molecular flexibility index (Phi) is 5.26. The van der Waals surface area contributed by atoms with E-state index < -0.39 is 0 Å². The molecule has 3 rings (SSSR count). The Morgan fingerprint density at radius 1 is 1.07 bits per heavy atom. The summed E-state index contributed by atoms with van der Waals surface area (Å²) in [7, 11) is 1.47. The number of methoxy groups -OCH3 is 1. The van der Waals surface area contributed by atoms with Gasteiger partial charge in [0.25, 0.3) is 5.91 Å². The molecule has 0 spiro atoms. The summed E-state index contributed by atoms with van der Waals surface area (Å²) < 4.78 is 7.16. The molecule has 27 heavy (non-hydrogen) atoms. The second-order valence-electron chi connectivity index (χ2n) is 6.13. The first kappa shape index (κ1) is 18.3. The molecule has 1 amide bonds. The lowest BCUT2D eigenvalue weighted by Crippen LogP contribution is -2.17. The maximum atomic E-state index is 12.2. The molecule has 0 bridgehead atoms. The Hall–Kier alpha value is -3.54. The van der Waals surface area contributed by atoms with Crippen molar-refractivity contribution in [1.82, 2.24) is 9.99 Å². The van der Waals surface area contributed by atoms with E-state index in [4.69, 9.17) is 4.74 Å². The zero-order valence-corrected chi connectivity index (χ0v) is 15.4. The number of aromatic hydroxyl groups is 1. The summed E-state index contributed by atoms with van der Waals surface area (Å²) in [6.45, 7) is 4.08. The van der Waals surface area contributed by atoms with Gasteiger partial charge in [-0.25, -0.2) is 5.43 Å². The van der Waals surface area contributed by atoms with Gasteiger partial charge < -0.3 is 14.4 Å². The van der Waals surface area contributed by atoms with Gasteiger partial charge in [0, 0.05) is 22.6 Å². The van der Waals surface area contributed by atoms with Gasteiger partial charge in [-0.3, -0.25) is 4.79 Å². The van der Waals surface area contributed by atoms with Crippen molar-refractivity contribution in [2.75, 3.05) is 7.11 Å². The van der Waals surface area contributed by atoms with Crippen molar-refractivity contribution in [3.8, 4) is 17.2 Å². The SMILES string of the molecule is COc1cc(/C=N\NC(=O)c2ccc(-n3c(C)ccc3C)cc2)ccc1O. The monoisotopic (exact) mass is 363 g/mol. The number of rotatable bonds is 5. The lowest BCUT2D eigenvalue weighted by atomic mass is 10.2. The van der Waals surface area contributed by atoms with Gasteiger partial charge in [0.15, 0.2) is 11.5 Å². The maximum absolute atomic E-state index is 12.2. The lowest BCUT2D eigenvalue weighted by Gasteiger charge is -2.10. The number of nitrogens with zero attached hydrogens (tertiary/aromatic N) is 2. The van der Waals surface area contributed by atoms with Crippen molar-refractivity contribution in [3.05, 3.63) is 77.1 Å². The molecule has 0 aliphatic rings. The second-order valence-corrected chi connectivity index (χ2v) is 6.13. The average Bonchev–Trinajstić information content (AvgIpc) is 3.01. The highest BCUT2D eigenvalue weighted by atomic mass is 16.5. The number of phenols is 1. The number of hydrogen-bond acceptors (Lipinski definition) is 4. The number of carbonyl (C=O) groups excluding carboxylic acids is 1. The fourth-order valence-electron chi connectivity index (χ4n) is 2.84. The molecule has 6 heteroatoms. The minimum absolute atomic E-state index is 0.0481. The summed E-state index contributed by atoms with van der Waals surface area (Å²) in [6.07, 6.45) is 1.49. The van der Waals surface area contributed by atoms with E-state index in [1.54, 1.807) is 24.3 Å². The highest BCUT2D eigenvalue weighted by molar-refractivity contribution is 5.95. The third-order valence-corrected chi connectivity index (χ3v) is 4.24. The minimum Gasteiger partial charge on any atom is -0.504 e. The van der Waals surface area contributed by atoms with Gasteiger partial charge >= 0.3 is 0 Å². The number of aromatic nitrogens is 1. The van der Waals surface area contributed by atoms with E-state index in [-0.39, 0.29) is 11.7 Å². The van der Waals surface area contributed by atoms with Crippen LogP contribution in [0.1, 0.15) is 27.3 Å². The van der Waals surface area contributed by atoms with Crippen molar-refractivity contribution >= 4 is 12.1 Å². The Morgan fingerprint density at radius 3 is 2.37 bits per heavy atom. The molecule has 0 unspecified atom stereocenters. The van der Waals surface area contributed by atoms with Crippen molar-refractivity contribution in [1.29, 1.82) is 0 Å². The number of aryl methyl sites for hydroxylation is 2. The normalized spacial score (nSPS) is 10.9. The molecular formula is C21H21N3O3. The molecule has 0 aliphatic heterocycles. The van der Waals surface area contributed by atoms with Crippen LogP contribution in [0, 0.1) is 13.8 Å². The topological polar surface area (TPSA) is 75.8 Å². The number of phenolic OH excluding ortho intramolecular Hbond substituents is 1. The van der Waals surface area contributed by atoms with Crippen LogP contribution in [0.2, 0.25) is 0 Å². The highest BCUT2D eigenvalue weighted by Crippen LogP contribution is 2.25. The molecule has 2 aromatic carbocycles. The summed E-state index contributed by atoms with van der Waals surface area (Å²) in [6, 6.07) is 16.3. The van der Waals surface area contributed by atoms with Gasteiger partial charge in [0.1, 0.15) is 0 Å². The quantitative estimate of drug-likeness (QED) is 0.537. The number of hydrogen-bond donors (Lipinski definition) is 2. The molecule has 0 atom stereocenters. The largest absolute Gasteiger partial charge is 0.504 e. The Labute approximate surface area is 157 Å². The van der Waals surface area contributed by atoms with Gasteiger partial charge in [-0.15, -0.1) is 0 Å². The van der Waals surface area contributed by atoms with Gasteiger partial charge in [-0.2, -0.15) is 5.10 Å². The van der Waals surface area contributed by atoms with E-state index in [1.807, 2.05) is 26.0 Å². The summed E-state index contributed by atoms with van der Waals surface area (Å²) in [5, 5.41) is 13.5. The fourth-order valence-corrected chi connectivity index (χ4v) is 2.84. The molecule has 138 valence electrons. The second kappa shape index (κ2) is 7.78. The first-order valence-corrected chi connectivity index (χ1v) is 8.45. The van der Waals surface area contributed by atoms with Crippen LogP contribution < -0.4 is 10.2 Å². The number of carbonyl (C=O) groups is 1. The van der Waals surface area contributed by atoms with Crippen molar-refractivity contribution < 1.29 is 14.6 Å². The average molecular weight is 363 g/mol. The third-order valence-electron chi connectivity index (χ3n) is 4.24. The molecule has 0 radical (unpaired) electrons. The van der Waals surface area contributed by atoms with Crippen LogP contribution in [-0.4, -0.2) is 28.9 Å². The first-order valence-electron chi connectivity index (χ1n) is 8.45. The predicted octanol–water partition coefficient (Wildman–Crippen LogP) is 3.57. The van der Waals surface area contributed by atoms with Crippen molar-refractivity contribution in [2.45, 2.75) is 13.8 Å². The molecule has 0 fully saturated rings. The summed E-state index contributed by atoms with van der Waals surface area (Å²) in [4.78, 5) is 12.2. The Balaban J connectivity index is 1.68. The minimum atomic E-state index is -0.301. The number of amides is 1. The van der Waals surface area contributed by atoms with Gasteiger partial charge in [0.2, 0.25) is 0 Å². The molecule has 3 aromatic rings. The summed E-state index contributed by atoms with van der Waals surface area (Å²) >= 11 is 0. The van der Waals surface area contributed by atoms with E-state index in [9.17, 15) is 9.90 Å². The molecule has 6 nitrogen and oxygen atoms in total. The van der Waals surface area contributed by atoms with Crippen LogP contribution in [0.25, 0.3) is 5.69 Å². The van der Waals surface area contributed by atoms with E-state index in [1.165, 1.54) is 19.4 Å². The van der Waals surface area contributed by atoms with Crippen molar-refractivity contribution in [2.24, 2.45) is 5.10 Å². The first-order chi connectivity index (χ1) is 13.0. The van der Waals surface area contributed by atoms with Crippen LogP contribution >= 0.6 is 0 Å². The maximum Gasteiger partial charge on any atom is 0.271 e. The fraction of sp³-hybridized carbons (Fsp3) is 0.143. The standard InChI is InChI=1S/C21H21N3O3/c1-14-4-5-15(2)24(14)18-9-7-17(8-10-18)21(26)23-22-13-16-6-11-19(25)20(12-16)27-3/h4-13,25H,1-3H3,(H,23,26)/b22-13-. The highest BCUT2D eigenvalue weighted by Gasteiger charge is 2.07. The number of benzene rings is 2. The zero-order chi connectivity index (χ0) is 19.4. The van der Waals surface area contributed by atoms with E-state index in [0.717, 1.165) is 17.1 Å². The van der Waals surface area contributed by atoms with Crippen LogP contribution in [0.3, 0.4) is 0 Å². The molecular weight excluding hydrogens is 342 g/mol. The molecule has 2 N–H and O–H groups in total. The predicted molar refractivity (Wildman–Crippen MR) is 105 cm³/mol. The smallest absolute Gasteiger partial charge is 0.271 e. The van der Waals surface area contributed by atoms with Crippen LogP contribution in [-0.2, 0) is 0 Å². The van der Waals surface area contributed by atoms with E-state index in [2.05, 4.69) is 27.2 Å². The third kappa shape index (κ3) is 4.00. The molecule has 0 saturated heterocycles. The Bertz CT molecular complexity index is 969.